The number of nitrogens with zero attached hydrogens (tertiary/aromatic N) is 3. The van der Waals surface area contributed by atoms with Gasteiger partial charge in [-0.15, -0.1) is 5.10 Å². The van der Waals surface area contributed by atoms with Crippen molar-refractivity contribution in [1.82, 2.24) is 10.2 Å². The van der Waals surface area contributed by atoms with E-state index in [0.717, 1.165) is 20.5 Å². The Morgan fingerprint density at radius 2 is 2.00 bits per heavy atom. The van der Waals surface area contributed by atoms with Crippen molar-refractivity contribution in [2.24, 2.45) is 0 Å². The van der Waals surface area contributed by atoms with Gasteiger partial charge in [0.1, 0.15) is 11.1 Å². The summed E-state index contributed by atoms with van der Waals surface area (Å²) in [4.78, 5) is 12.0. The lowest BCUT2D eigenvalue weighted by Crippen LogP contribution is -2.14. The molecule has 7 heteroatoms. The van der Waals surface area contributed by atoms with Crippen LogP contribution in [0.25, 0.3) is 0 Å². The molecule has 1 aromatic heterocycles. The van der Waals surface area contributed by atoms with Gasteiger partial charge in [-0.1, -0.05) is 11.8 Å². The second-order valence-corrected chi connectivity index (χ2v) is 6.76. The minimum absolute atomic E-state index is 0.143. The molecule has 0 bridgehead atoms. The Morgan fingerprint density at radius 3 is 2.64 bits per heavy atom. The van der Waals surface area contributed by atoms with Gasteiger partial charge in [0.25, 0.3) is 0 Å². The fourth-order valence-corrected chi connectivity index (χ4v) is 2.82. The smallest absolute Gasteiger partial charge is 0.234 e. The molecule has 0 aliphatic carbocycles. The number of aromatic nitrogens is 2. The zero-order valence-electron chi connectivity index (χ0n) is 12.1. The molecule has 0 spiro atoms. The third-order valence-corrected chi connectivity index (χ3v) is 4.69. The number of rotatable bonds is 4. The Balaban J connectivity index is 2.01. The van der Waals surface area contributed by atoms with E-state index in [2.05, 4.69) is 44.2 Å². The number of aryl methyl sites for hydroxylation is 1. The molecule has 1 amide bonds. The van der Waals surface area contributed by atoms with Crippen LogP contribution in [0.3, 0.4) is 0 Å². The highest BCUT2D eigenvalue weighted by Crippen LogP contribution is 2.23. The van der Waals surface area contributed by atoms with Crippen molar-refractivity contribution in [3.05, 3.63) is 44.7 Å². The molecule has 0 unspecified atom stereocenters. The number of hydrogen-bond donors (Lipinski definition) is 1. The van der Waals surface area contributed by atoms with Crippen molar-refractivity contribution in [2.45, 2.75) is 18.9 Å². The van der Waals surface area contributed by atoms with Crippen molar-refractivity contribution in [3.63, 3.8) is 0 Å². The summed E-state index contributed by atoms with van der Waals surface area (Å²) in [6.07, 6.45) is 0. The fraction of sp³-hybridized carbons (Fsp3) is 0.200. The number of nitriles is 1. The standard InChI is InChI=1S/C15H13IN4OS/c1-9-10(2)19-20-15(13(9)7-17)22-8-14(21)18-12-5-3-11(16)4-6-12/h3-6H,8H2,1-2H3,(H,18,21). The number of carbonyl (C=O) groups excluding carboxylic acids is 1. The largest absolute Gasteiger partial charge is 0.325 e. The van der Waals surface area contributed by atoms with Gasteiger partial charge in [-0.2, -0.15) is 10.4 Å². The minimum atomic E-state index is -0.143. The van der Waals surface area contributed by atoms with E-state index in [1.54, 1.807) is 6.92 Å². The molecule has 1 aromatic carbocycles. The van der Waals surface area contributed by atoms with E-state index >= 15 is 0 Å². The molecule has 0 saturated carbocycles. The van der Waals surface area contributed by atoms with Crippen molar-refractivity contribution in [2.75, 3.05) is 11.1 Å². The molecule has 5 nitrogen and oxygen atoms in total. The molecule has 2 aromatic rings. The van der Waals surface area contributed by atoms with E-state index in [0.29, 0.717) is 10.6 Å². The van der Waals surface area contributed by atoms with Gasteiger partial charge >= 0.3 is 0 Å². The molecule has 0 aliphatic heterocycles. The second-order valence-electron chi connectivity index (χ2n) is 4.55. The molecule has 112 valence electrons. The van der Waals surface area contributed by atoms with E-state index < -0.39 is 0 Å². The topological polar surface area (TPSA) is 78.7 Å². The van der Waals surface area contributed by atoms with E-state index in [1.165, 1.54) is 11.8 Å². The summed E-state index contributed by atoms with van der Waals surface area (Å²) in [5.74, 6) is 0.0350. The number of benzene rings is 1. The summed E-state index contributed by atoms with van der Waals surface area (Å²) in [5.41, 5.74) is 2.76. The molecule has 22 heavy (non-hydrogen) atoms. The minimum Gasteiger partial charge on any atom is -0.325 e. The first-order valence-corrected chi connectivity index (χ1v) is 8.50. The normalized spacial score (nSPS) is 10.1. The average Bonchev–Trinajstić information content (AvgIpc) is 2.51. The molecule has 0 fully saturated rings. The van der Waals surface area contributed by atoms with Crippen molar-refractivity contribution >= 4 is 45.9 Å². The first kappa shape index (κ1) is 16.7. The van der Waals surface area contributed by atoms with Crippen LogP contribution < -0.4 is 5.32 Å². The Bertz CT molecular complexity index is 740. The van der Waals surface area contributed by atoms with Gasteiger partial charge in [0, 0.05) is 9.26 Å². The SMILES string of the molecule is Cc1nnc(SCC(=O)Nc2ccc(I)cc2)c(C#N)c1C. The molecule has 0 radical (unpaired) electrons. The van der Waals surface area contributed by atoms with Gasteiger partial charge in [-0.25, -0.2) is 0 Å². The van der Waals surface area contributed by atoms with Crippen LogP contribution in [-0.2, 0) is 4.79 Å². The molecule has 0 saturated heterocycles. The molecule has 0 atom stereocenters. The maximum Gasteiger partial charge on any atom is 0.234 e. The van der Waals surface area contributed by atoms with Crippen molar-refractivity contribution in [3.8, 4) is 6.07 Å². The number of anilines is 1. The predicted molar refractivity (Wildman–Crippen MR) is 94.7 cm³/mol. The Labute approximate surface area is 146 Å². The van der Waals surface area contributed by atoms with Gasteiger partial charge in [-0.3, -0.25) is 4.79 Å². The Morgan fingerprint density at radius 1 is 1.32 bits per heavy atom. The van der Waals surface area contributed by atoms with Gasteiger partial charge in [0.05, 0.1) is 17.0 Å². The zero-order chi connectivity index (χ0) is 16.1. The van der Waals surface area contributed by atoms with Crippen LogP contribution >= 0.6 is 34.4 Å². The fourth-order valence-electron chi connectivity index (χ4n) is 1.68. The van der Waals surface area contributed by atoms with E-state index in [-0.39, 0.29) is 11.7 Å². The maximum atomic E-state index is 12.0. The van der Waals surface area contributed by atoms with Crippen LogP contribution in [0, 0.1) is 28.7 Å². The van der Waals surface area contributed by atoms with Crippen molar-refractivity contribution in [1.29, 1.82) is 5.26 Å². The highest BCUT2D eigenvalue weighted by Gasteiger charge is 2.13. The molecule has 0 aliphatic rings. The zero-order valence-corrected chi connectivity index (χ0v) is 15.0. The monoisotopic (exact) mass is 424 g/mol. The summed E-state index contributed by atoms with van der Waals surface area (Å²) < 4.78 is 1.11. The van der Waals surface area contributed by atoms with Crippen LogP contribution in [0.2, 0.25) is 0 Å². The third-order valence-electron chi connectivity index (χ3n) is 3.00. The highest BCUT2D eigenvalue weighted by molar-refractivity contribution is 14.1. The summed E-state index contributed by atoms with van der Waals surface area (Å²) in [7, 11) is 0. The summed E-state index contributed by atoms with van der Waals surface area (Å²) in [6.45, 7) is 3.64. The number of halogens is 1. The summed E-state index contributed by atoms with van der Waals surface area (Å²) in [6, 6.07) is 9.67. The van der Waals surface area contributed by atoms with Crippen molar-refractivity contribution < 1.29 is 4.79 Å². The van der Waals surface area contributed by atoms with Crippen LogP contribution in [-0.4, -0.2) is 21.9 Å². The highest BCUT2D eigenvalue weighted by atomic mass is 127. The Kier molecular flexibility index (Phi) is 5.74. The Hall–Kier alpha value is -1.66. The lowest BCUT2D eigenvalue weighted by atomic mass is 10.1. The summed E-state index contributed by atoms with van der Waals surface area (Å²) in [5, 5.41) is 20.5. The number of amides is 1. The van der Waals surface area contributed by atoms with E-state index in [1.807, 2.05) is 31.2 Å². The number of hydrogen-bond acceptors (Lipinski definition) is 5. The first-order chi connectivity index (χ1) is 10.5. The predicted octanol–water partition coefficient (Wildman–Crippen LogP) is 3.30. The van der Waals surface area contributed by atoms with Gasteiger partial charge in [-0.05, 0) is 66.3 Å². The average molecular weight is 424 g/mol. The lowest BCUT2D eigenvalue weighted by Gasteiger charge is -2.07. The molecular formula is C15H13IN4OS. The maximum absolute atomic E-state index is 12.0. The molecular weight excluding hydrogens is 411 g/mol. The molecule has 2 rings (SSSR count). The van der Waals surface area contributed by atoms with E-state index in [9.17, 15) is 10.1 Å². The second kappa shape index (κ2) is 7.56. The lowest BCUT2D eigenvalue weighted by molar-refractivity contribution is -0.113. The quantitative estimate of drug-likeness (QED) is 0.602. The first-order valence-electron chi connectivity index (χ1n) is 6.43. The van der Waals surface area contributed by atoms with Crippen LogP contribution in [0.4, 0.5) is 5.69 Å². The molecule has 1 N–H and O–H groups in total. The number of carbonyl (C=O) groups is 1. The van der Waals surface area contributed by atoms with Gasteiger partial charge < -0.3 is 5.32 Å². The van der Waals surface area contributed by atoms with E-state index in [4.69, 9.17) is 0 Å². The number of nitrogens with one attached hydrogen (secondary N) is 1. The van der Waals surface area contributed by atoms with Crippen LogP contribution in [0.5, 0.6) is 0 Å². The van der Waals surface area contributed by atoms with Crippen LogP contribution in [0.1, 0.15) is 16.8 Å². The number of thioether (sulfide) groups is 1. The summed E-state index contributed by atoms with van der Waals surface area (Å²) >= 11 is 3.42. The van der Waals surface area contributed by atoms with Gasteiger partial charge in [0.15, 0.2) is 0 Å². The van der Waals surface area contributed by atoms with Crippen LogP contribution in [0.15, 0.2) is 29.3 Å². The molecule has 1 heterocycles. The third kappa shape index (κ3) is 4.18. The van der Waals surface area contributed by atoms with Gasteiger partial charge in [0.2, 0.25) is 5.91 Å².